The number of nitrogens with two attached hydrogens (primary N) is 1. The minimum absolute atomic E-state index is 0.0446. The second-order valence-electron chi connectivity index (χ2n) is 7.06. The van der Waals surface area contributed by atoms with Crippen molar-refractivity contribution in [3.63, 3.8) is 0 Å². The SMILES string of the molecule is CN/N=C/c1ccc(/C=C2/CCCC/C(=C/c3ccc(C(=N)N)cc3)C2=O)cc1. The lowest BCUT2D eigenvalue weighted by atomic mass is 9.97. The van der Waals surface area contributed by atoms with Crippen LogP contribution in [0, 0.1) is 5.41 Å². The molecular formula is C24H26N4O. The van der Waals surface area contributed by atoms with Gasteiger partial charge in [-0.15, -0.1) is 0 Å². The van der Waals surface area contributed by atoms with Crippen LogP contribution in [0.5, 0.6) is 0 Å². The summed E-state index contributed by atoms with van der Waals surface area (Å²) < 4.78 is 0. The predicted molar refractivity (Wildman–Crippen MR) is 120 cm³/mol. The highest BCUT2D eigenvalue weighted by Gasteiger charge is 2.18. The van der Waals surface area contributed by atoms with Crippen LogP contribution >= 0.6 is 0 Å². The summed E-state index contributed by atoms with van der Waals surface area (Å²) in [6.07, 6.45) is 9.30. The van der Waals surface area contributed by atoms with Crippen LogP contribution in [-0.4, -0.2) is 24.9 Å². The lowest BCUT2D eigenvalue weighted by molar-refractivity contribution is -0.112. The fourth-order valence-corrected chi connectivity index (χ4v) is 3.32. The molecule has 29 heavy (non-hydrogen) atoms. The van der Waals surface area contributed by atoms with Crippen LogP contribution < -0.4 is 11.2 Å². The third-order valence-electron chi connectivity index (χ3n) is 4.91. The molecule has 0 aromatic heterocycles. The number of Topliss-reactive ketones (excluding diaryl/α,β-unsaturated/α-hetero) is 1. The number of carbonyl (C=O) groups is 1. The Morgan fingerprint density at radius 1 is 0.931 bits per heavy atom. The molecule has 0 atom stereocenters. The van der Waals surface area contributed by atoms with Crippen LogP contribution in [0.4, 0.5) is 0 Å². The highest BCUT2D eigenvalue weighted by atomic mass is 16.1. The van der Waals surface area contributed by atoms with Gasteiger partial charge in [0.2, 0.25) is 0 Å². The Bertz CT molecular complexity index is 967. The van der Waals surface area contributed by atoms with E-state index in [-0.39, 0.29) is 11.6 Å². The lowest BCUT2D eigenvalue weighted by Gasteiger charge is -2.06. The number of rotatable bonds is 5. The average Bonchev–Trinajstić information content (AvgIpc) is 2.90. The number of benzene rings is 2. The van der Waals surface area contributed by atoms with Crippen LogP contribution in [0.15, 0.2) is 64.8 Å². The van der Waals surface area contributed by atoms with E-state index in [0.29, 0.717) is 5.56 Å². The molecule has 1 saturated carbocycles. The average molecular weight is 386 g/mol. The molecule has 1 aliphatic carbocycles. The highest BCUT2D eigenvalue weighted by molar-refractivity contribution is 6.13. The molecule has 0 unspecified atom stereocenters. The van der Waals surface area contributed by atoms with E-state index in [0.717, 1.165) is 53.5 Å². The van der Waals surface area contributed by atoms with Crippen LogP contribution in [0.1, 0.15) is 47.9 Å². The zero-order valence-electron chi connectivity index (χ0n) is 16.6. The molecule has 4 N–H and O–H groups in total. The predicted octanol–water partition coefficient (Wildman–Crippen LogP) is 4.13. The second kappa shape index (κ2) is 9.64. The number of amidine groups is 1. The maximum absolute atomic E-state index is 13.1. The zero-order valence-corrected chi connectivity index (χ0v) is 16.6. The molecule has 2 aromatic carbocycles. The van der Waals surface area contributed by atoms with Crippen LogP contribution in [0.3, 0.4) is 0 Å². The minimum Gasteiger partial charge on any atom is -0.384 e. The highest BCUT2D eigenvalue weighted by Crippen LogP contribution is 2.27. The molecular weight excluding hydrogens is 360 g/mol. The van der Waals surface area contributed by atoms with Crippen molar-refractivity contribution in [1.29, 1.82) is 5.41 Å². The van der Waals surface area contributed by atoms with Crippen molar-refractivity contribution in [2.75, 3.05) is 7.05 Å². The van der Waals surface area contributed by atoms with Crippen LogP contribution in [0.2, 0.25) is 0 Å². The van der Waals surface area contributed by atoms with E-state index in [4.69, 9.17) is 11.1 Å². The van der Waals surface area contributed by atoms with Gasteiger partial charge in [0.15, 0.2) is 5.78 Å². The van der Waals surface area contributed by atoms with E-state index in [2.05, 4.69) is 10.5 Å². The smallest absolute Gasteiger partial charge is 0.185 e. The molecule has 0 aliphatic heterocycles. The third kappa shape index (κ3) is 5.51. The summed E-state index contributed by atoms with van der Waals surface area (Å²) in [5.41, 5.74) is 13.6. The van der Waals surface area contributed by atoms with E-state index in [1.54, 1.807) is 13.3 Å². The Labute approximate surface area is 171 Å². The number of allylic oxidation sites excluding steroid dienone is 2. The number of hydrogen-bond acceptors (Lipinski definition) is 4. The second-order valence-corrected chi connectivity index (χ2v) is 7.06. The molecule has 0 radical (unpaired) electrons. The fourth-order valence-electron chi connectivity index (χ4n) is 3.32. The molecule has 3 rings (SSSR count). The molecule has 5 heteroatoms. The van der Waals surface area contributed by atoms with Gasteiger partial charge in [-0.25, -0.2) is 0 Å². The summed E-state index contributed by atoms with van der Waals surface area (Å²) in [6, 6.07) is 15.4. The molecule has 0 amide bonds. The lowest BCUT2D eigenvalue weighted by Crippen LogP contribution is -2.10. The molecule has 148 valence electrons. The molecule has 0 spiro atoms. The number of carbonyl (C=O) groups excluding carboxylic acids is 1. The molecule has 1 fully saturated rings. The Balaban J connectivity index is 1.83. The number of nitrogens with zero attached hydrogens (tertiary/aromatic N) is 1. The zero-order chi connectivity index (χ0) is 20.6. The van der Waals surface area contributed by atoms with Gasteiger partial charge in [-0.3, -0.25) is 10.2 Å². The van der Waals surface area contributed by atoms with E-state index in [9.17, 15) is 4.79 Å². The number of hydrogen-bond donors (Lipinski definition) is 3. The molecule has 1 aliphatic rings. The minimum atomic E-state index is 0.0446. The van der Waals surface area contributed by atoms with E-state index < -0.39 is 0 Å². The van der Waals surface area contributed by atoms with Crippen molar-refractivity contribution < 1.29 is 4.79 Å². The fraction of sp³-hybridized carbons (Fsp3) is 0.208. The number of nitrogen functional groups attached to an aromatic ring is 1. The first-order valence-electron chi connectivity index (χ1n) is 9.77. The summed E-state index contributed by atoms with van der Waals surface area (Å²) >= 11 is 0. The number of ketones is 1. The first kappa shape index (κ1) is 20.3. The largest absolute Gasteiger partial charge is 0.384 e. The van der Waals surface area contributed by atoms with Crippen molar-refractivity contribution in [1.82, 2.24) is 5.43 Å². The van der Waals surface area contributed by atoms with Gasteiger partial charge < -0.3 is 11.2 Å². The molecule has 0 bridgehead atoms. The third-order valence-corrected chi connectivity index (χ3v) is 4.91. The van der Waals surface area contributed by atoms with Gasteiger partial charge in [-0.05, 0) is 54.5 Å². The Morgan fingerprint density at radius 3 is 1.90 bits per heavy atom. The summed E-state index contributed by atoms with van der Waals surface area (Å²) in [6.45, 7) is 0. The van der Waals surface area contributed by atoms with Gasteiger partial charge >= 0.3 is 0 Å². The Morgan fingerprint density at radius 2 is 1.41 bits per heavy atom. The van der Waals surface area contributed by atoms with Gasteiger partial charge in [0.05, 0.1) is 6.21 Å². The van der Waals surface area contributed by atoms with Gasteiger partial charge in [0, 0.05) is 23.8 Å². The van der Waals surface area contributed by atoms with Gasteiger partial charge in [0.1, 0.15) is 5.84 Å². The van der Waals surface area contributed by atoms with Crippen molar-refractivity contribution in [3.05, 3.63) is 81.9 Å². The standard InChI is InChI=1S/C24H26N4O/c1-27-28-16-19-8-6-17(7-9-19)14-21-4-2-3-5-22(23(21)29)15-18-10-12-20(13-11-18)24(25)26/h6-16,27H,2-5H2,1H3,(H3,25,26)/b21-14-,22-15-,28-16+. The molecule has 0 saturated heterocycles. The summed E-state index contributed by atoms with van der Waals surface area (Å²) in [5, 5.41) is 11.5. The quantitative estimate of drug-likeness (QED) is 0.237. The monoisotopic (exact) mass is 386 g/mol. The van der Waals surface area contributed by atoms with Crippen LogP contribution in [0.25, 0.3) is 12.2 Å². The van der Waals surface area contributed by atoms with Crippen LogP contribution in [-0.2, 0) is 4.79 Å². The molecule has 0 heterocycles. The molecule has 5 nitrogen and oxygen atoms in total. The first-order chi connectivity index (χ1) is 14.1. The van der Waals surface area contributed by atoms with E-state index in [1.165, 1.54) is 0 Å². The summed E-state index contributed by atoms with van der Waals surface area (Å²) in [5.74, 6) is 0.169. The van der Waals surface area contributed by atoms with E-state index >= 15 is 0 Å². The maximum Gasteiger partial charge on any atom is 0.185 e. The van der Waals surface area contributed by atoms with Crippen molar-refractivity contribution in [3.8, 4) is 0 Å². The summed E-state index contributed by atoms with van der Waals surface area (Å²) in [7, 11) is 1.76. The van der Waals surface area contributed by atoms with E-state index in [1.807, 2.05) is 60.7 Å². The van der Waals surface area contributed by atoms with Gasteiger partial charge in [0.25, 0.3) is 0 Å². The van der Waals surface area contributed by atoms with Crippen molar-refractivity contribution >= 4 is 30.0 Å². The topological polar surface area (TPSA) is 91.3 Å². The Kier molecular flexibility index (Phi) is 6.74. The van der Waals surface area contributed by atoms with Crippen molar-refractivity contribution in [2.45, 2.75) is 25.7 Å². The number of hydrazone groups is 1. The van der Waals surface area contributed by atoms with Gasteiger partial charge in [-0.1, -0.05) is 48.5 Å². The first-order valence-corrected chi connectivity index (χ1v) is 9.77. The normalized spacial score (nSPS) is 17.6. The Hall–Kier alpha value is -3.47. The molecule has 2 aromatic rings. The maximum atomic E-state index is 13.1. The van der Waals surface area contributed by atoms with Crippen molar-refractivity contribution in [2.24, 2.45) is 10.8 Å². The van der Waals surface area contributed by atoms with Gasteiger partial charge in [-0.2, -0.15) is 5.10 Å². The summed E-state index contributed by atoms with van der Waals surface area (Å²) in [4.78, 5) is 13.1. The number of nitrogens with one attached hydrogen (secondary N) is 2.